The number of nitrogens with one attached hydrogen (secondary N) is 1. The lowest BCUT2D eigenvalue weighted by Crippen LogP contribution is -2.38. The maximum absolute atomic E-state index is 14.1. The van der Waals surface area contributed by atoms with Crippen LogP contribution in [0.15, 0.2) is 60.7 Å². The van der Waals surface area contributed by atoms with Gasteiger partial charge >= 0.3 is 0 Å². The van der Waals surface area contributed by atoms with Gasteiger partial charge in [-0.3, -0.25) is 4.57 Å². The van der Waals surface area contributed by atoms with Crippen molar-refractivity contribution >= 4 is 26.9 Å². The Bertz CT molecular complexity index is 1650. The number of morpholine rings is 1. The number of imidazole rings is 1. The van der Waals surface area contributed by atoms with Gasteiger partial charge < -0.3 is 9.64 Å². The Kier molecular flexibility index (Phi) is 9.48. The molecule has 12 heteroatoms. The topological polar surface area (TPSA) is 102 Å². The van der Waals surface area contributed by atoms with E-state index in [0.717, 1.165) is 44.1 Å². The van der Waals surface area contributed by atoms with Crippen molar-refractivity contribution in [1.82, 2.24) is 24.2 Å². The van der Waals surface area contributed by atoms with Gasteiger partial charge in [-0.15, -0.1) is 0 Å². The van der Waals surface area contributed by atoms with Gasteiger partial charge in [0.25, 0.3) is 6.43 Å². The van der Waals surface area contributed by atoms with Crippen LogP contribution in [-0.4, -0.2) is 60.3 Å². The molecule has 1 N–H and O–H groups in total. The van der Waals surface area contributed by atoms with Gasteiger partial charge in [0, 0.05) is 31.6 Å². The summed E-state index contributed by atoms with van der Waals surface area (Å²) in [5.74, 6) is 1.87. The number of aromatic nitrogens is 4. The molecule has 1 saturated heterocycles. The molecule has 1 saturated carbocycles. The second-order valence-electron chi connectivity index (χ2n) is 11.7. The van der Waals surface area contributed by atoms with Crippen molar-refractivity contribution in [2.75, 3.05) is 31.2 Å². The first-order chi connectivity index (χ1) is 21.3. The lowest BCUT2D eigenvalue weighted by Gasteiger charge is -2.29. The molecule has 1 aliphatic heterocycles. The number of benzene rings is 2. The quantitative estimate of drug-likeness (QED) is 0.232. The summed E-state index contributed by atoms with van der Waals surface area (Å²) in [7, 11) is -3.40. The summed E-state index contributed by atoms with van der Waals surface area (Å²) in [5.41, 5.74) is 1.86. The van der Waals surface area contributed by atoms with Gasteiger partial charge in [0.2, 0.25) is 10.0 Å². The molecule has 1 aliphatic carbocycles. The molecule has 0 radical (unpaired) electrons. The molecule has 2 aliphatic rings. The molecule has 0 atom stereocenters. The molecule has 0 unspecified atom stereocenters. The van der Waals surface area contributed by atoms with Gasteiger partial charge in [-0.2, -0.15) is 0 Å². The van der Waals surface area contributed by atoms with Crippen molar-refractivity contribution in [2.24, 2.45) is 5.92 Å². The largest absolute Gasteiger partial charge is 0.378 e. The minimum Gasteiger partial charge on any atom is -0.378 e. The maximum atomic E-state index is 14.1. The number of nitrogens with zero attached hydrogens (tertiary/aromatic N) is 5. The molecule has 234 valence electrons. The zero-order valence-corrected chi connectivity index (χ0v) is 25.4. The van der Waals surface area contributed by atoms with Crippen LogP contribution in [0.3, 0.4) is 0 Å². The van der Waals surface area contributed by atoms with Gasteiger partial charge in [-0.05, 0) is 55.7 Å². The van der Waals surface area contributed by atoms with Gasteiger partial charge in [-0.25, -0.2) is 36.9 Å². The van der Waals surface area contributed by atoms with Crippen LogP contribution in [-0.2, 0) is 26.9 Å². The SMILES string of the molecule is O=S(=O)(Cc1ccccc1)NC1CCC(CCCc2nc(N3CCOCC3)cc(-n3c(C(F)F)nc4ccccc43)n2)CC1. The van der Waals surface area contributed by atoms with E-state index in [1.54, 1.807) is 24.3 Å². The molecule has 3 heterocycles. The van der Waals surface area contributed by atoms with Crippen molar-refractivity contribution in [3.63, 3.8) is 0 Å². The summed E-state index contributed by atoms with van der Waals surface area (Å²) in [6, 6.07) is 18.1. The third kappa shape index (κ3) is 7.41. The van der Waals surface area contributed by atoms with Crippen LogP contribution in [0.2, 0.25) is 0 Å². The Labute approximate surface area is 256 Å². The van der Waals surface area contributed by atoms with Gasteiger partial charge in [-0.1, -0.05) is 48.9 Å². The highest BCUT2D eigenvalue weighted by atomic mass is 32.2. The van der Waals surface area contributed by atoms with Crippen molar-refractivity contribution in [3.05, 3.63) is 77.9 Å². The number of para-hydroxylation sites is 2. The fraction of sp³-hybridized carbons (Fsp3) is 0.469. The Balaban J connectivity index is 1.11. The monoisotopic (exact) mass is 624 g/mol. The number of aryl methyl sites for hydroxylation is 1. The van der Waals surface area contributed by atoms with Gasteiger partial charge in [0.15, 0.2) is 5.82 Å². The summed E-state index contributed by atoms with van der Waals surface area (Å²) in [6.45, 7) is 2.49. The molecule has 0 bridgehead atoms. The van der Waals surface area contributed by atoms with Gasteiger partial charge in [0.1, 0.15) is 17.5 Å². The highest BCUT2D eigenvalue weighted by Crippen LogP contribution is 2.31. The lowest BCUT2D eigenvalue weighted by molar-refractivity contribution is 0.122. The maximum Gasteiger partial charge on any atom is 0.296 e. The van der Waals surface area contributed by atoms with Crippen LogP contribution in [0.4, 0.5) is 14.6 Å². The van der Waals surface area contributed by atoms with E-state index in [2.05, 4.69) is 14.6 Å². The summed E-state index contributed by atoms with van der Waals surface area (Å²) in [6.07, 6.45) is 3.23. The Morgan fingerprint density at radius 1 is 0.909 bits per heavy atom. The third-order valence-electron chi connectivity index (χ3n) is 8.50. The number of rotatable bonds is 11. The third-order valence-corrected chi connectivity index (χ3v) is 9.90. The number of hydrogen-bond donors (Lipinski definition) is 1. The number of fused-ring (bicyclic) bond motifs is 1. The second-order valence-corrected chi connectivity index (χ2v) is 13.4. The van der Waals surface area contributed by atoms with Crippen LogP contribution in [0.25, 0.3) is 16.9 Å². The van der Waals surface area contributed by atoms with Crippen LogP contribution in [0.1, 0.15) is 62.2 Å². The van der Waals surface area contributed by atoms with E-state index in [1.807, 2.05) is 36.4 Å². The predicted octanol–water partition coefficient (Wildman–Crippen LogP) is 5.59. The first kappa shape index (κ1) is 30.5. The first-order valence-electron chi connectivity index (χ1n) is 15.3. The van der Waals surface area contributed by atoms with Crippen molar-refractivity contribution in [2.45, 2.75) is 63.2 Å². The molecule has 0 spiro atoms. The normalized spacial score (nSPS) is 19.6. The van der Waals surface area contributed by atoms with E-state index >= 15 is 0 Å². The predicted molar refractivity (Wildman–Crippen MR) is 166 cm³/mol. The molecular weight excluding hydrogens is 586 g/mol. The van der Waals surface area contributed by atoms with Crippen molar-refractivity contribution in [3.8, 4) is 5.82 Å². The zero-order chi connectivity index (χ0) is 30.5. The molecule has 4 aromatic rings. The minimum absolute atomic E-state index is 0.00700. The first-order valence-corrected chi connectivity index (χ1v) is 17.0. The molecule has 0 amide bonds. The van der Waals surface area contributed by atoms with E-state index in [0.29, 0.717) is 67.1 Å². The highest BCUT2D eigenvalue weighted by Gasteiger charge is 2.26. The number of ether oxygens (including phenoxy) is 1. The van der Waals surface area contributed by atoms with E-state index in [9.17, 15) is 17.2 Å². The second kappa shape index (κ2) is 13.7. The number of hydrogen-bond acceptors (Lipinski definition) is 7. The fourth-order valence-electron chi connectivity index (χ4n) is 6.29. The number of halogens is 2. The fourth-order valence-corrected chi connectivity index (χ4v) is 7.75. The summed E-state index contributed by atoms with van der Waals surface area (Å²) >= 11 is 0. The number of alkyl halides is 2. The van der Waals surface area contributed by atoms with E-state index in [1.165, 1.54) is 4.57 Å². The summed E-state index contributed by atoms with van der Waals surface area (Å²) in [4.78, 5) is 15.9. The average Bonchev–Trinajstić information content (AvgIpc) is 3.43. The highest BCUT2D eigenvalue weighted by molar-refractivity contribution is 7.88. The summed E-state index contributed by atoms with van der Waals surface area (Å²) in [5, 5.41) is 0. The standard InChI is InChI=1S/C32H38F2N6O3S/c33-31(34)32-35-26-10-4-5-11-27(26)40(32)30-21-29(39-17-19-43-20-18-39)36-28(37-30)12-6-9-23-13-15-25(16-14-23)38-44(41,42)22-24-7-2-1-3-8-24/h1-5,7-8,10-11,21,23,25,31,38H,6,9,12-20,22H2. The average molecular weight is 625 g/mol. The molecule has 6 rings (SSSR count). The zero-order valence-electron chi connectivity index (χ0n) is 24.6. The van der Waals surface area contributed by atoms with Crippen LogP contribution in [0, 0.1) is 5.92 Å². The minimum atomic E-state index is -3.40. The molecule has 9 nitrogen and oxygen atoms in total. The van der Waals surface area contributed by atoms with Crippen LogP contribution >= 0.6 is 0 Å². The van der Waals surface area contributed by atoms with Crippen LogP contribution < -0.4 is 9.62 Å². The van der Waals surface area contributed by atoms with E-state index < -0.39 is 16.4 Å². The smallest absolute Gasteiger partial charge is 0.296 e. The molecule has 2 aromatic heterocycles. The van der Waals surface area contributed by atoms with Crippen molar-refractivity contribution in [1.29, 1.82) is 0 Å². The van der Waals surface area contributed by atoms with Gasteiger partial charge in [0.05, 0.1) is 30.0 Å². The Hall–Kier alpha value is -3.48. The van der Waals surface area contributed by atoms with E-state index in [-0.39, 0.29) is 17.6 Å². The molecule has 44 heavy (non-hydrogen) atoms. The summed E-state index contributed by atoms with van der Waals surface area (Å²) < 4.78 is 63.5. The number of sulfonamides is 1. The Morgan fingerprint density at radius 3 is 2.36 bits per heavy atom. The lowest BCUT2D eigenvalue weighted by atomic mass is 9.83. The molecular formula is C32H38F2N6O3S. The molecule has 2 fully saturated rings. The Morgan fingerprint density at radius 2 is 1.61 bits per heavy atom. The molecule has 2 aromatic carbocycles. The van der Waals surface area contributed by atoms with E-state index in [4.69, 9.17) is 14.7 Å². The number of anilines is 1. The van der Waals surface area contributed by atoms with Crippen LogP contribution in [0.5, 0.6) is 0 Å². The van der Waals surface area contributed by atoms with Crippen molar-refractivity contribution < 1.29 is 21.9 Å².